The van der Waals surface area contributed by atoms with Gasteiger partial charge in [-0.1, -0.05) is 55.8 Å². The lowest BCUT2D eigenvalue weighted by atomic mass is 9.86. The number of alkyl halides is 1. The summed E-state index contributed by atoms with van der Waals surface area (Å²) in [5.74, 6) is 1.56. The molecule has 0 unspecified atom stereocenters. The second-order valence-corrected chi connectivity index (χ2v) is 6.39. The highest BCUT2D eigenvalue weighted by atomic mass is 79.9. The molecule has 0 radical (unpaired) electrons. The maximum atomic E-state index is 6.19. The van der Waals surface area contributed by atoms with Gasteiger partial charge in [0.15, 0.2) is 0 Å². The Labute approximate surface area is 126 Å². The minimum Gasteiger partial charge on any atom is -0.493 e. The zero-order valence-electron chi connectivity index (χ0n) is 12.9. The van der Waals surface area contributed by atoms with Crippen LogP contribution >= 0.6 is 15.9 Å². The lowest BCUT2D eigenvalue weighted by molar-refractivity contribution is 0.156. The van der Waals surface area contributed by atoms with Crippen LogP contribution in [0.2, 0.25) is 0 Å². The summed E-state index contributed by atoms with van der Waals surface area (Å²) in [6.45, 7) is 11.8. The molecule has 0 amide bonds. The number of hydrogen-bond donors (Lipinski definition) is 0. The van der Waals surface area contributed by atoms with Crippen LogP contribution in [0.5, 0.6) is 5.75 Å². The molecule has 108 valence electrons. The van der Waals surface area contributed by atoms with Crippen LogP contribution in [0.1, 0.15) is 57.6 Å². The highest BCUT2D eigenvalue weighted by Gasteiger charge is 2.26. The predicted molar refractivity (Wildman–Crippen MR) is 87.6 cm³/mol. The molecule has 1 rings (SSSR count). The number of rotatable bonds is 7. The molecule has 0 fully saturated rings. The SMILES string of the molecule is CCC(CC)(CBr)COc1cc(C)ccc1C(C)C. The number of ether oxygens (including phenoxy) is 1. The maximum Gasteiger partial charge on any atom is 0.123 e. The Morgan fingerprint density at radius 2 is 1.84 bits per heavy atom. The number of aryl methyl sites for hydroxylation is 1. The van der Waals surface area contributed by atoms with Gasteiger partial charge in [-0.3, -0.25) is 0 Å². The molecule has 0 N–H and O–H groups in total. The molecule has 0 bridgehead atoms. The van der Waals surface area contributed by atoms with Crippen LogP contribution in [0, 0.1) is 12.3 Å². The number of benzene rings is 1. The third kappa shape index (κ3) is 4.24. The standard InChI is InChI=1S/C17H27BrO/c1-6-17(7-2,11-18)12-19-16-10-14(5)8-9-15(16)13(3)4/h8-10,13H,6-7,11-12H2,1-5H3. The van der Waals surface area contributed by atoms with E-state index in [1.807, 2.05) is 0 Å². The second-order valence-electron chi connectivity index (χ2n) is 5.83. The van der Waals surface area contributed by atoms with Gasteiger partial charge in [0.1, 0.15) is 5.75 Å². The molecule has 0 saturated heterocycles. The zero-order valence-corrected chi connectivity index (χ0v) is 14.5. The molecular formula is C17H27BrO. The first-order valence-corrected chi connectivity index (χ1v) is 8.39. The first-order chi connectivity index (χ1) is 8.98. The zero-order chi connectivity index (χ0) is 14.5. The van der Waals surface area contributed by atoms with E-state index in [0.717, 1.165) is 30.5 Å². The molecular weight excluding hydrogens is 300 g/mol. The largest absolute Gasteiger partial charge is 0.493 e. The lowest BCUT2D eigenvalue weighted by Gasteiger charge is -2.30. The summed E-state index contributed by atoms with van der Waals surface area (Å²) < 4.78 is 6.19. The summed E-state index contributed by atoms with van der Waals surface area (Å²) in [6.07, 6.45) is 2.27. The van der Waals surface area contributed by atoms with Gasteiger partial charge in [0, 0.05) is 10.7 Å². The predicted octanol–water partition coefficient (Wildman–Crippen LogP) is 5.70. The summed E-state index contributed by atoms with van der Waals surface area (Å²) in [5, 5.41) is 0.996. The Hall–Kier alpha value is -0.500. The van der Waals surface area contributed by atoms with Gasteiger partial charge >= 0.3 is 0 Å². The van der Waals surface area contributed by atoms with Gasteiger partial charge in [0.05, 0.1) is 6.61 Å². The monoisotopic (exact) mass is 326 g/mol. The fourth-order valence-electron chi connectivity index (χ4n) is 2.16. The fraction of sp³-hybridized carbons (Fsp3) is 0.647. The molecule has 0 heterocycles. The maximum absolute atomic E-state index is 6.19. The van der Waals surface area contributed by atoms with Crippen LogP contribution in [0.25, 0.3) is 0 Å². The smallest absolute Gasteiger partial charge is 0.123 e. The molecule has 0 atom stereocenters. The van der Waals surface area contributed by atoms with E-state index in [1.54, 1.807) is 0 Å². The fourth-order valence-corrected chi connectivity index (χ4v) is 3.11. The molecule has 1 aromatic carbocycles. The highest BCUT2D eigenvalue weighted by molar-refractivity contribution is 9.09. The van der Waals surface area contributed by atoms with Crippen LogP contribution in [0.15, 0.2) is 18.2 Å². The van der Waals surface area contributed by atoms with Crippen molar-refractivity contribution in [3.05, 3.63) is 29.3 Å². The average molecular weight is 327 g/mol. The summed E-state index contributed by atoms with van der Waals surface area (Å²) in [4.78, 5) is 0. The molecule has 0 aliphatic rings. The van der Waals surface area contributed by atoms with E-state index in [0.29, 0.717) is 5.92 Å². The quantitative estimate of drug-likeness (QED) is 0.584. The van der Waals surface area contributed by atoms with Gasteiger partial charge in [-0.05, 0) is 42.9 Å². The van der Waals surface area contributed by atoms with E-state index in [1.165, 1.54) is 11.1 Å². The molecule has 1 nitrogen and oxygen atoms in total. The van der Waals surface area contributed by atoms with Gasteiger partial charge in [-0.2, -0.15) is 0 Å². The van der Waals surface area contributed by atoms with E-state index in [-0.39, 0.29) is 5.41 Å². The Morgan fingerprint density at radius 3 is 2.32 bits per heavy atom. The Morgan fingerprint density at radius 1 is 1.21 bits per heavy atom. The van der Waals surface area contributed by atoms with Crippen LogP contribution in [0.3, 0.4) is 0 Å². The lowest BCUT2D eigenvalue weighted by Crippen LogP contribution is -2.29. The van der Waals surface area contributed by atoms with Gasteiger partial charge in [0.2, 0.25) is 0 Å². The van der Waals surface area contributed by atoms with Gasteiger partial charge < -0.3 is 4.74 Å². The molecule has 2 heteroatoms. The van der Waals surface area contributed by atoms with Crippen LogP contribution in [-0.2, 0) is 0 Å². The van der Waals surface area contributed by atoms with Crippen LogP contribution in [-0.4, -0.2) is 11.9 Å². The summed E-state index contributed by atoms with van der Waals surface area (Å²) in [6, 6.07) is 6.53. The van der Waals surface area contributed by atoms with Crippen LogP contribution in [0.4, 0.5) is 0 Å². The van der Waals surface area contributed by atoms with Crippen molar-refractivity contribution in [3.63, 3.8) is 0 Å². The van der Waals surface area contributed by atoms with Crippen molar-refractivity contribution in [3.8, 4) is 5.75 Å². The third-order valence-corrected chi connectivity index (χ3v) is 5.30. The summed E-state index contributed by atoms with van der Waals surface area (Å²) in [7, 11) is 0. The second kappa shape index (κ2) is 7.33. The first kappa shape index (κ1) is 16.6. The van der Waals surface area contributed by atoms with E-state index in [9.17, 15) is 0 Å². The van der Waals surface area contributed by atoms with Gasteiger partial charge in [0.25, 0.3) is 0 Å². The Kier molecular flexibility index (Phi) is 6.38. The molecule has 0 aliphatic carbocycles. The van der Waals surface area contributed by atoms with E-state index in [4.69, 9.17) is 4.74 Å². The van der Waals surface area contributed by atoms with Gasteiger partial charge in [-0.25, -0.2) is 0 Å². The summed E-state index contributed by atoms with van der Waals surface area (Å²) in [5.41, 5.74) is 2.82. The highest BCUT2D eigenvalue weighted by Crippen LogP contribution is 2.33. The van der Waals surface area contributed by atoms with Crippen molar-refractivity contribution in [2.75, 3.05) is 11.9 Å². The van der Waals surface area contributed by atoms with Crippen LogP contribution < -0.4 is 4.74 Å². The minimum atomic E-state index is 0.248. The van der Waals surface area contributed by atoms with Gasteiger partial charge in [-0.15, -0.1) is 0 Å². The van der Waals surface area contributed by atoms with Crippen molar-refractivity contribution in [1.29, 1.82) is 0 Å². The molecule has 0 saturated carbocycles. The van der Waals surface area contributed by atoms with Crippen molar-refractivity contribution >= 4 is 15.9 Å². The number of hydrogen-bond acceptors (Lipinski definition) is 1. The van der Waals surface area contributed by atoms with Crippen molar-refractivity contribution in [1.82, 2.24) is 0 Å². The Balaban J connectivity index is 2.90. The molecule has 0 aromatic heterocycles. The normalized spacial score (nSPS) is 11.9. The minimum absolute atomic E-state index is 0.248. The van der Waals surface area contributed by atoms with E-state index < -0.39 is 0 Å². The van der Waals surface area contributed by atoms with Crippen molar-refractivity contribution < 1.29 is 4.74 Å². The topological polar surface area (TPSA) is 9.23 Å². The third-order valence-electron chi connectivity index (χ3n) is 4.11. The Bertz CT molecular complexity index is 386. The molecule has 19 heavy (non-hydrogen) atoms. The molecule has 1 aromatic rings. The molecule has 0 spiro atoms. The van der Waals surface area contributed by atoms with E-state index >= 15 is 0 Å². The molecule has 0 aliphatic heterocycles. The number of halogens is 1. The first-order valence-electron chi connectivity index (χ1n) is 7.27. The van der Waals surface area contributed by atoms with Crippen molar-refractivity contribution in [2.24, 2.45) is 5.41 Å². The average Bonchev–Trinajstić information content (AvgIpc) is 2.40. The summed E-state index contributed by atoms with van der Waals surface area (Å²) >= 11 is 3.65. The van der Waals surface area contributed by atoms with E-state index in [2.05, 4.69) is 68.7 Å². The van der Waals surface area contributed by atoms with Crippen molar-refractivity contribution in [2.45, 2.75) is 53.4 Å².